The van der Waals surface area contributed by atoms with Crippen LogP contribution in [0.4, 0.5) is 0 Å². The fourth-order valence-corrected chi connectivity index (χ4v) is 2.56. The molecule has 1 amide bonds. The summed E-state index contributed by atoms with van der Waals surface area (Å²) in [6.07, 6.45) is 10.3. The number of rotatable bonds is 1. The summed E-state index contributed by atoms with van der Waals surface area (Å²) in [7, 11) is 1.96. The van der Waals surface area contributed by atoms with Gasteiger partial charge in [0.15, 0.2) is 0 Å². The van der Waals surface area contributed by atoms with E-state index in [1.165, 1.54) is 51.4 Å². The second-order valence-electron chi connectivity index (χ2n) is 5.20. The van der Waals surface area contributed by atoms with Gasteiger partial charge in [0.05, 0.1) is 0 Å². The van der Waals surface area contributed by atoms with Crippen molar-refractivity contribution in [2.45, 2.75) is 70.8 Å². The summed E-state index contributed by atoms with van der Waals surface area (Å²) in [5.41, 5.74) is 0.107. The number of carbonyl (C=O) groups excluding carboxylic acids is 1. The highest BCUT2D eigenvalue weighted by Gasteiger charge is 2.30. The molecule has 0 heterocycles. The third-order valence-corrected chi connectivity index (χ3v) is 3.96. The quantitative estimate of drug-likeness (QED) is 0.651. The van der Waals surface area contributed by atoms with E-state index in [-0.39, 0.29) is 11.4 Å². The molecule has 1 rings (SSSR count). The van der Waals surface area contributed by atoms with Crippen molar-refractivity contribution >= 4 is 5.91 Å². The van der Waals surface area contributed by atoms with Crippen LogP contribution in [0.15, 0.2) is 0 Å². The van der Waals surface area contributed by atoms with Crippen LogP contribution in [-0.4, -0.2) is 23.4 Å². The highest BCUT2D eigenvalue weighted by molar-refractivity contribution is 5.73. The Morgan fingerprint density at radius 3 is 1.80 bits per heavy atom. The average Bonchev–Trinajstić information content (AvgIpc) is 2.30. The first kappa shape index (κ1) is 12.5. The summed E-state index contributed by atoms with van der Waals surface area (Å²) < 4.78 is 0. The Kier molecular flexibility index (Phi) is 4.62. The second kappa shape index (κ2) is 5.53. The van der Waals surface area contributed by atoms with Crippen LogP contribution in [0.1, 0.15) is 65.2 Å². The molecular weight excluding hydrogens is 186 g/mol. The van der Waals surface area contributed by atoms with Crippen molar-refractivity contribution in [3.8, 4) is 0 Å². The Hall–Kier alpha value is -0.530. The number of hydrogen-bond donors (Lipinski definition) is 0. The monoisotopic (exact) mass is 211 g/mol. The molecule has 1 saturated carbocycles. The molecule has 0 bridgehead atoms. The maximum Gasteiger partial charge on any atom is 0.219 e. The van der Waals surface area contributed by atoms with Crippen molar-refractivity contribution in [2.24, 2.45) is 0 Å². The summed E-state index contributed by atoms with van der Waals surface area (Å²) in [6.45, 7) is 3.93. The van der Waals surface area contributed by atoms with Gasteiger partial charge in [-0.1, -0.05) is 38.5 Å². The zero-order valence-corrected chi connectivity index (χ0v) is 10.5. The molecule has 88 valence electrons. The van der Waals surface area contributed by atoms with Crippen LogP contribution >= 0.6 is 0 Å². The molecule has 1 fully saturated rings. The number of amides is 1. The van der Waals surface area contributed by atoms with Gasteiger partial charge < -0.3 is 4.90 Å². The number of carbonyl (C=O) groups is 1. The van der Waals surface area contributed by atoms with Crippen molar-refractivity contribution in [3.63, 3.8) is 0 Å². The Morgan fingerprint density at radius 2 is 1.40 bits per heavy atom. The molecule has 1 aliphatic rings. The molecule has 0 aliphatic heterocycles. The molecule has 2 heteroatoms. The van der Waals surface area contributed by atoms with Crippen molar-refractivity contribution in [3.05, 3.63) is 0 Å². The lowest BCUT2D eigenvalue weighted by Crippen LogP contribution is -2.46. The van der Waals surface area contributed by atoms with E-state index in [1.807, 2.05) is 11.9 Å². The maximum absolute atomic E-state index is 11.5. The predicted octanol–water partition coefficient (Wildman–Crippen LogP) is 3.36. The summed E-state index contributed by atoms with van der Waals surface area (Å²) in [5.74, 6) is 0.205. The molecule has 0 unspecified atom stereocenters. The molecule has 0 spiro atoms. The number of hydrogen-bond acceptors (Lipinski definition) is 1. The largest absolute Gasteiger partial charge is 0.341 e. The van der Waals surface area contributed by atoms with E-state index < -0.39 is 0 Å². The van der Waals surface area contributed by atoms with Gasteiger partial charge in [-0.05, 0) is 19.8 Å². The lowest BCUT2D eigenvalue weighted by molar-refractivity contribution is -0.133. The Bertz CT molecular complexity index is 203. The Morgan fingerprint density at radius 1 is 1.00 bits per heavy atom. The predicted molar refractivity (Wildman–Crippen MR) is 63.8 cm³/mol. The van der Waals surface area contributed by atoms with Gasteiger partial charge in [-0.3, -0.25) is 4.79 Å². The molecule has 15 heavy (non-hydrogen) atoms. The van der Waals surface area contributed by atoms with Gasteiger partial charge in [-0.2, -0.15) is 0 Å². The molecule has 0 radical (unpaired) electrons. The average molecular weight is 211 g/mol. The van der Waals surface area contributed by atoms with Gasteiger partial charge in [0.2, 0.25) is 5.91 Å². The molecule has 0 atom stereocenters. The SMILES string of the molecule is CC(=O)N(C)C1(C)CCCCCCCC1. The van der Waals surface area contributed by atoms with Gasteiger partial charge in [-0.15, -0.1) is 0 Å². The smallest absolute Gasteiger partial charge is 0.219 e. The third-order valence-electron chi connectivity index (χ3n) is 3.96. The van der Waals surface area contributed by atoms with E-state index in [1.54, 1.807) is 6.92 Å². The fourth-order valence-electron chi connectivity index (χ4n) is 2.56. The summed E-state index contributed by atoms with van der Waals surface area (Å²) >= 11 is 0. The van der Waals surface area contributed by atoms with E-state index in [2.05, 4.69) is 6.92 Å². The zero-order chi connectivity index (χ0) is 11.3. The molecule has 0 aromatic heterocycles. The lowest BCUT2D eigenvalue weighted by Gasteiger charge is -2.38. The van der Waals surface area contributed by atoms with Crippen LogP contribution in [-0.2, 0) is 4.79 Å². The third kappa shape index (κ3) is 3.51. The first-order chi connectivity index (χ1) is 7.06. The van der Waals surface area contributed by atoms with Gasteiger partial charge in [0.25, 0.3) is 0 Å². The normalized spacial score (nSPS) is 22.3. The molecule has 0 aromatic rings. The van der Waals surface area contributed by atoms with Crippen LogP contribution < -0.4 is 0 Å². The first-order valence-electron chi connectivity index (χ1n) is 6.31. The number of nitrogens with zero attached hydrogens (tertiary/aromatic N) is 1. The van der Waals surface area contributed by atoms with Gasteiger partial charge in [-0.25, -0.2) is 0 Å². The van der Waals surface area contributed by atoms with E-state index in [0.717, 1.165) is 0 Å². The summed E-state index contributed by atoms with van der Waals surface area (Å²) in [6, 6.07) is 0. The molecular formula is C13H25NO. The molecule has 0 saturated heterocycles. The fraction of sp³-hybridized carbons (Fsp3) is 0.923. The lowest BCUT2D eigenvalue weighted by atomic mass is 9.88. The summed E-state index contributed by atoms with van der Waals surface area (Å²) in [5, 5.41) is 0. The van der Waals surface area contributed by atoms with Crippen LogP contribution in [0.25, 0.3) is 0 Å². The Labute approximate surface area is 94.0 Å². The minimum absolute atomic E-state index is 0.107. The topological polar surface area (TPSA) is 20.3 Å². The minimum Gasteiger partial charge on any atom is -0.341 e. The van der Waals surface area contributed by atoms with Crippen LogP contribution in [0.3, 0.4) is 0 Å². The van der Waals surface area contributed by atoms with E-state index >= 15 is 0 Å². The van der Waals surface area contributed by atoms with Crippen molar-refractivity contribution in [1.82, 2.24) is 4.90 Å². The highest BCUT2D eigenvalue weighted by Crippen LogP contribution is 2.29. The van der Waals surface area contributed by atoms with E-state index in [0.29, 0.717) is 0 Å². The van der Waals surface area contributed by atoms with E-state index in [9.17, 15) is 4.79 Å². The maximum atomic E-state index is 11.5. The highest BCUT2D eigenvalue weighted by atomic mass is 16.2. The van der Waals surface area contributed by atoms with Crippen LogP contribution in [0, 0.1) is 0 Å². The van der Waals surface area contributed by atoms with Gasteiger partial charge in [0.1, 0.15) is 0 Å². The molecule has 0 aromatic carbocycles. The summed E-state index contributed by atoms with van der Waals surface area (Å²) in [4.78, 5) is 13.4. The standard InChI is InChI=1S/C13H25NO/c1-12(15)14(3)13(2)10-8-6-4-5-7-9-11-13/h4-11H2,1-3H3. The molecule has 0 N–H and O–H groups in total. The van der Waals surface area contributed by atoms with Crippen molar-refractivity contribution in [1.29, 1.82) is 0 Å². The second-order valence-corrected chi connectivity index (χ2v) is 5.20. The van der Waals surface area contributed by atoms with Crippen molar-refractivity contribution < 1.29 is 4.79 Å². The Balaban J connectivity index is 2.63. The van der Waals surface area contributed by atoms with Crippen molar-refractivity contribution in [2.75, 3.05) is 7.05 Å². The zero-order valence-electron chi connectivity index (χ0n) is 10.5. The minimum atomic E-state index is 0.107. The van der Waals surface area contributed by atoms with Gasteiger partial charge >= 0.3 is 0 Å². The van der Waals surface area contributed by atoms with Gasteiger partial charge in [0, 0.05) is 19.5 Å². The first-order valence-corrected chi connectivity index (χ1v) is 6.31. The molecule has 1 aliphatic carbocycles. The van der Waals surface area contributed by atoms with E-state index in [4.69, 9.17) is 0 Å². The van der Waals surface area contributed by atoms with Crippen LogP contribution in [0.5, 0.6) is 0 Å². The van der Waals surface area contributed by atoms with Crippen LogP contribution in [0.2, 0.25) is 0 Å². The molecule has 2 nitrogen and oxygen atoms in total.